The van der Waals surface area contributed by atoms with Crippen molar-refractivity contribution in [3.05, 3.63) is 48.5 Å². The van der Waals surface area contributed by atoms with E-state index in [1.165, 1.54) is 4.31 Å². The Morgan fingerprint density at radius 1 is 0.841 bits per heavy atom. The zero-order valence-electron chi connectivity index (χ0n) is 24.8. The minimum absolute atomic E-state index is 0.0546. The van der Waals surface area contributed by atoms with Gasteiger partial charge in [0.15, 0.2) is 0 Å². The van der Waals surface area contributed by atoms with Gasteiger partial charge in [0.25, 0.3) is 0 Å². The highest BCUT2D eigenvalue weighted by molar-refractivity contribution is 7.89. The lowest BCUT2D eigenvalue weighted by Crippen LogP contribution is -2.63. The number of hydrogen-bond acceptors (Lipinski definition) is 7. The summed E-state index contributed by atoms with van der Waals surface area (Å²) in [7, 11) is -3.58. The summed E-state index contributed by atoms with van der Waals surface area (Å²) in [6.07, 6.45) is 4.34. The molecule has 3 N–H and O–H groups in total. The molecule has 2 heterocycles. The zero-order chi connectivity index (χ0) is 30.6. The lowest BCUT2D eigenvalue weighted by Gasteiger charge is -2.58. The summed E-state index contributed by atoms with van der Waals surface area (Å²) < 4.78 is 26.4. The molecule has 6 aliphatic rings. The largest absolute Gasteiger partial charge is 0.481 e. The van der Waals surface area contributed by atoms with Crippen LogP contribution in [0, 0.1) is 17.8 Å². The van der Waals surface area contributed by atoms with Crippen LogP contribution in [0.3, 0.4) is 0 Å². The topological polar surface area (TPSA) is 134 Å². The summed E-state index contributed by atoms with van der Waals surface area (Å²) in [6.45, 7) is 2.92. The number of sulfonamides is 1. The van der Waals surface area contributed by atoms with Gasteiger partial charge in [0.05, 0.1) is 29.1 Å². The Hall–Kier alpha value is -3.35. The molecule has 4 saturated carbocycles. The number of aliphatic carboxylic acids is 1. The Bertz CT molecular complexity index is 1510. The van der Waals surface area contributed by atoms with Crippen molar-refractivity contribution in [1.82, 2.24) is 9.62 Å². The first kappa shape index (κ1) is 29.4. The molecule has 11 nitrogen and oxygen atoms in total. The highest BCUT2D eigenvalue weighted by atomic mass is 32.2. The lowest BCUT2D eigenvalue weighted by atomic mass is 9.52. The van der Waals surface area contributed by atoms with Gasteiger partial charge in [0.1, 0.15) is 0 Å². The monoisotopic (exact) mass is 623 g/mol. The molecule has 2 aromatic rings. The molecule has 0 radical (unpaired) electrons. The maximum atomic E-state index is 13.7. The molecule has 44 heavy (non-hydrogen) atoms. The van der Waals surface area contributed by atoms with Gasteiger partial charge in [-0.3, -0.25) is 9.69 Å². The van der Waals surface area contributed by atoms with Crippen LogP contribution < -0.4 is 20.0 Å². The van der Waals surface area contributed by atoms with Crippen molar-refractivity contribution in [2.24, 2.45) is 17.8 Å². The van der Waals surface area contributed by atoms with Crippen LogP contribution in [0.1, 0.15) is 38.5 Å². The predicted molar refractivity (Wildman–Crippen MR) is 168 cm³/mol. The fraction of sp³-hybridized carbons (Fsp3) is 0.562. The molecule has 0 aromatic heterocycles. The van der Waals surface area contributed by atoms with E-state index in [4.69, 9.17) is 5.11 Å². The first-order valence-electron chi connectivity index (χ1n) is 15.8. The van der Waals surface area contributed by atoms with Gasteiger partial charge >= 0.3 is 12.0 Å². The Labute approximate surface area is 258 Å². The summed E-state index contributed by atoms with van der Waals surface area (Å²) in [5.74, 6) is -0.181. The van der Waals surface area contributed by atoms with Crippen LogP contribution in [0.4, 0.5) is 27.5 Å². The van der Waals surface area contributed by atoms with Gasteiger partial charge < -0.3 is 25.3 Å². The third-order valence-electron chi connectivity index (χ3n) is 10.5. The normalized spacial score (nSPS) is 29.9. The molecule has 2 atom stereocenters. The fourth-order valence-corrected chi connectivity index (χ4v) is 10.1. The van der Waals surface area contributed by atoms with Crippen LogP contribution >= 0.6 is 0 Å². The number of para-hydroxylation sites is 2. The van der Waals surface area contributed by atoms with Gasteiger partial charge in [-0.15, -0.1) is 0 Å². The Morgan fingerprint density at radius 3 is 2.11 bits per heavy atom. The number of benzene rings is 2. The lowest BCUT2D eigenvalue weighted by molar-refractivity contribution is -0.137. The SMILES string of the molecule is O=C(O)CCS(=O)(=O)N1CCN(c2ccc(N3CCN(C(=O)NC4C5CC6CC4CC(O)(C6)C5)c4ccccc43)cc2)CC1. The summed E-state index contributed by atoms with van der Waals surface area (Å²) in [5, 5.41) is 23.2. The average molecular weight is 624 g/mol. The molecular formula is C32H41N5O6S. The van der Waals surface area contributed by atoms with Crippen molar-refractivity contribution >= 4 is 44.8 Å². The van der Waals surface area contributed by atoms with Gasteiger partial charge in [-0.25, -0.2) is 13.2 Å². The van der Waals surface area contributed by atoms with E-state index in [9.17, 15) is 23.1 Å². The predicted octanol–water partition coefficient (Wildman–Crippen LogP) is 3.22. The molecular weight excluding hydrogens is 582 g/mol. The van der Waals surface area contributed by atoms with Gasteiger partial charge in [0.2, 0.25) is 10.0 Å². The average Bonchev–Trinajstić information content (AvgIpc) is 3.00. The van der Waals surface area contributed by atoms with Gasteiger partial charge in [-0.05, 0) is 86.3 Å². The van der Waals surface area contributed by atoms with Crippen molar-refractivity contribution in [3.63, 3.8) is 0 Å². The molecule has 0 spiro atoms. The van der Waals surface area contributed by atoms with E-state index in [2.05, 4.69) is 27.2 Å². The second-order valence-corrected chi connectivity index (χ2v) is 15.4. The second-order valence-electron chi connectivity index (χ2n) is 13.3. The van der Waals surface area contributed by atoms with Crippen molar-refractivity contribution in [3.8, 4) is 0 Å². The second kappa shape index (κ2) is 11.2. The van der Waals surface area contributed by atoms with Crippen LogP contribution in [0.15, 0.2) is 48.5 Å². The van der Waals surface area contributed by atoms with Crippen LogP contribution in [0.2, 0.25) is 0 Å². The van der Waals surface area contributed by atoms with E-state index in [-0.39, 0.29) is 24.2 Å². The molecule has 12 heteroatoms. The number of piperazine rings is 1. The number of aliphatic hydroxyl groups is 1. The van der Waals surface area contributed by atoms with E-state index in [1.807, 2.05) is 41.3 Å². The fourth-order valence-electron chi connectivity index (χ4n) is 8.69. The molecule has 2 unspecified atom stereocenters. The summed E-state index contributed by atoms with van der Waals surface area (Å²) >= 11 is 0. The van der Waals surface area contributed by atoms with Crippen LogP contribution in [-0.2, 0) is 14.8 Å². The van der Waals surface area contributed by atoms with E-state index in [0.717, 1.165) is 54.9 Å². The molecule has 8 rings (SSSR count). The number of carboxylic acids is 1. The maximum Gasteiger partial charge on any atom is 0.322 e. The standard InChI is InChI=1S/C32H41N5O6S/c38-29(39)9-16-44(42,43)35-12-10-34(11-13-35)25-5-7-26(8-6-25)36-14-15-37(28-4-2-1-3-27(28)36)31(40)33-30-23-17-22-18-24(30)21-32(41,19-22)20-23/h1-8,22-24,30,41H,9-21H2,(H,33,40)(H,38,39). The highest BCUT2D eigenvalue weighted by Crippen LogP contribution is 2.55. The van der Waals surface area contributed by atoms with E-state index in [1.54, 1.807) is 0 Å². The number of fused-ring (bicyclic) bond motifs is 1. The quantitative estimate of drug-likeness (QED) is 0.428. The highest BCUT2D eigenvalue weighted by Gasteiger charge is 2.55. The van der Waals surface area contributed by atoms with Crippen molar-refractivity contribution < 1.29 is 28.2 Å². The number of nitrogens with one attached hydrogen (secondary N) is 1. The van der Waals surface area contributed by atoms with Crippen molar-refractivity contribution in [2.75, 3.05) is 59.7 Å². The first-order chi connectivity index (χ1) is 21.1. The summed E-state index contributed by atoms with van der Waals surface area (Å²) in [6, 6.07) is 16.3. The molecule has 2 amide bonds. The number of amides is 2. The summed E-state index contributed by atoms with van der Waals surface area (Å²) in [5.41, 5.74) is 3.35. The summed E-state index contributed by atoms with van der Waals surface area (Å²) in [4.78, 5) is 30.8. The molecule has 2 aliphatic heterocycles. The van der Waals surface area contributed by atoms with Gasteiger partial charge in [-0.2, -0.15) is 4.31 Å². The first-order valence-corrected chi connectivity index (χ1v) is 17.4. The van der Waals surface area contributed by atoms with Crippen LogP contribution in [-0.4, -0.2) is 91.6 Å². The molecule has 236 valence electrons. The van der Waals surface area contributed by atoms with Crippen LogP contribution in [0.25, 0.3) is 0 Å². The van der Waals surface area contributed by atoms with Gasteiger partial charge in [-0.1, -0.05) is 12.1 Å². The third-order valence-corrected chi connectivity index (χ3v) is 12.4. The number of carbonyl (C=O) groups is 2. The van der Waals surface area contributed by atoms with Gasteiger partial charge in [0, 0.05) is 56.7 Å². The smallest absolute Gasteiger partial charge is 0.322 e. The minimum atomic E-state index is -3.58. The third kappa shape index (κ3) is 5.52. The number of carbonyl (C=O) groups excluding carboxylic acids is 1. The number of nitrogens with zero attached hydrogens (tertiary/aromatic N) is 4. The zero-order valence-corrected chi connectivity index (χ0v) is 25.7. The Kier molecular flexibility index (Phi) is 7.49. The number of anilines is 4. The maximum absolute atomic E-state index is 13.7. The van der Waals surface area contributed by atoms with E-state index < -0.39 is 21.6 Å². The van der Waals surface area contributed by atoms with E-state index >= 15 is 0 Å². The molecule has 4 bridgehead atoms. The Balaban J connectivity index is 1.00. The number of rotatable bonds is 7. The number of urea groups is 1. The molecule has 5 fully saturated rings. The Morgan fingerprint density at radius 2 is 1.48 bits per heavy atom. The molecule has 4 aliphatic carbocycles. The molecule has 1 saturated heterocycles. The van der Waals surface area contributed by atoms with Crippen molar-refractivity contribution in [1.29, 1.82) is 0 Å². The van der Waals surface area contributed by atoms with Crippen molar-refractivity contribution in [2.45, 2.75) is 50.2 Å². The number of carboxylic acid groups (broad SMARTS) is 1. The number of hydrogen-bond donors (Lipinski definition) is 3. The minimum Gasteiger partial charge on any atom is -0.481 e. The van der Waals surface area contributed by atoms with Crippen LogP contribution in [0.5, 0.6) is 0 Å². The molecule has 2 aromatic carbocycles. The van der Waals surface area contributed by atoms with E-state index in [0.29, 0.717) is 57.0 Å².